The molecule has 1 aliphatic rings. The lowest BCUT2D eigenvalue weighted by atomic mass is 10.1. The predicted molar refractivity (Wildman–Crippen MR) is 63.4 cm³/mol. The normalized spacial score (nSPS) is 19.5. The Balaban J connectivity index is 2.39. The Bertz CT molecular complexity index is 491. The summed E-state index contributed by atoms with van der Waals surface area (Å²) in [6.07, 6.45) is 0.356. The van der Waals surface area contributed by atoms with E-state index in [9.17, 15) is 4.79 Å². The molecule has 1 fully saturated rings. The lowest BCUT2D eigenvalue weighted by Gasteiger charge is -2.18. The van der Waals surface area contributed by atoms with Crippen molar-refractivity contribution < 1.29 is 9.90 Å². The van der Waals surface area contributed by atoms with Crippen LogP contribution in [0.4, 0.5) is 5.69 Å². The van der Waals surface area contributed by atoms with Gasteiger partial charge in [-0.15, -0.1) is 0 Å². The van der Waals surface area contributed by atoms with Crippen LogP contribution in [0, 0.1) is 24.2 Å². The Labute approximate surface area is 100 Å². The Morgan fingerprint density at radius 1 is 1.59 bits per heavy atom. The van der Waals surface area contributed by atoms with E-state index in [1.165, 1.54) is 0 Å². The van der Waals surface area contributed by atoms with Gasteiger partial charge in [0.1, 0.15) is 6.07 Å². The molecule has 0 aliphatic carbocycles. The molecule has 1 saturated heterocycles. The van der Waals surface area contributed by atoms with Crippen LogP contribution >= 0.6 is 0 Å². The zero-order chi connectivity index (χ0) is 12.4. The van der Waals surface area contributed by atoms with E-state index in [0.29, 0.717) is 24.2 Å². The smallest absolute Gasteiger partial charge is 0.227 e. The maximum absolute atomic E-state index is 11.8. The van der Waals surface area contributed by atoms with Crippen molar-refractivity contribution in [2.75, 3.05) is 18.1 Å². The minimum Gasteiger partial charge on any atom is -0.396 e. The molecule has 1 aromatic carbocycles. The van der Waals surface area contributed by atoms with Crippen LogP contribution in [0.5, 0.6) is 0 Å². The number of nitriles is 1. The number of carbonyl (C=O) groups is 1. The first-order valence-corrected chi connectivity index (χ1v) is 5.58. The van der Waals surface area contributed by atoms with E-state index in [4.69, 9.17) is 10.4 Å². The maximum Gasteiger partial charge on any atom is 0.227 e. The summed E-state index contributed by atoms with van der Waals surface area (Å²) < 4.78 is 0. The van der Waals surface area contributed by atoms with Gasteiger partial charge in [0.15, 0.2) is 0 Å². The van der Waals surface area contributed by atoms with Crippen molar-refractivity contribution in [1.82, 2.24) is 0 Å². The van der Waals surface area contributed by atoms with Crippen LogP contribution < -0.4 is 4.90 Å². The summed E-state index contributed by atoms with van der Waals surface area (Å²) in [5.41, 5.74) is 2.07. The first kappa shape index (κ1) is 11.6. The average Bonchev–Trinajstić information content (AvgIpc) is 2.70. The molecule has 1 aliphatic heterocycles. The van der Waals surface area contributed by atoms with Crippen LogP contribution in [0.25, 0.3) is 0 Å². The Morgan fingerprint density at radius 3 is 2.94 bits per heavy atom. The maximum atomic E-state index is 11.8. The number of nitrogens with zero attached hydrogens (tertiary/aromatic N) is 2. The molecular formula is C13H14N2O2. The Kier molecular flexibility index (Phi) is 3.12. The molecule has 1 atom stereocenters. The van der Waals surface area contributed by atoms with Crippen LogP contribution in [-0.2, 0) is 4.79 Å². The molecule has 17 heavy (non-hydrogen) atoms. The van der Waals surface area contributed by atoms with E-state index in [2.05, 4.69) is 6.07 Å². The number of hydrogen-bond acceptors (Lipinski definition) is 3. The first-order chi connectivity index (χ1) is 8.17. The average molecular weight is 230 g/mol. The molecule has 1 unspecified atom stereocenters. The van der Waals surface area contributed by atoms with E-state index < -0.39 is 0 Å². The summed E-state index contributed by atoms with van der Waals surface area (Å²) in [6.45, 7) is 2.36. The molecule has 0 aromatic heterocycles. The zero-order valence-electron chi connectivity index (χ0n) is 9.68. The first-order valence-electron chi connectivity index (χ1n) is 5.58. The summed E-state index contributed by atoms with van der Waals surface area (Å²) in [6, 6.07) is 7.61. The quantitative estimate of drug-likeness (QED) is 0.830. The third-order valence-corrected chi connectivity index (χ3v) is 3.12. The number of benzene rings is 1. The van der Waals surface area contributed by atoms with Crippen molar-refractivity contribution in [3.63, 3.8) is 0 Å². The topological polar surface area (TPSA) is 64.3 Å². The summed E-state index contributed by atoms with van der Waals surface area (Å²) >= 11 is 0. The third kappa shape index (κ3) is 2.02. The molecule has 4 nitrogen and oxygen atoms in total. The lowest BCUT2D eigenvalue weighted by Crippen LogP contribution is -2.26. The summed E-state index contributed by atoms with van der Waals surface area (Å²) in [7, 11) is 0. The van der Waals surface area contributed by atoms with E-state index in [0.717, 1.165) is 5.56 Å². The molecule has 0 bridgehead atoms. The van der Waals surface area contributed by atoms with Gasteiger partial charge in [-0.25, -0.2) is 0 Å². The molecule has 1 N–H and O–H groups in total. The van der Waals surface area contributed by atoms with Gasteiger partial charge in [0.05, 0.1) is 11.3 Å². The molecular weight excluding hydrogens is 216 g/mol. The van der Waals surface area contributed by atoms with Gasteiger partial charge in [-0.05, 0) is 18.6 Å². The number of anilines is 1. The van der Waals surface area contributed by atoms with Crippen molar-refractivity contribution in [2.24, 2.45) is 5.92 Å². The number of rotatable bonds is 2. The van der Waals surface area contributed by atoms with Crippen LogP contribution in [0.1, 0.15) is 17.5 Å². The number of hydrogen-bond donors (Lipinski definition) is 1. The van der Waals surface area contributed by atoms with Gasteiger partial charge in [-0.2, -0.15) is 5.26 Å². The van der Waals surface area contributed by atoms with Crippen molar-refractivity contribution in [2.45, 2.75) is 13.3 Å². The van der Waals surface area contributed by atoms with Crippen LogP contribution in [0.3, 0.4) is 0 Å². The van der Waals surface area contributed by atoms with Gasteiger partial charge < -0.3 is 10.0 Å². The highest BCUT2D eigenvalue weighted by Gasteiger charge is 2.31. The molecule has 2 rings (SSSR count). The molecule has 4 heteroatoms. The highest BCUT2D eigenvalue weighted by Crippen LogP contribution is 2.29. The molecule has 1 amide bonds. The monoisotopic (exact) mass is 230 g/mol. The minimum atomic E-state index is -0.0221. The minimum absolute atomic E-state index is 0.00986. The Hall–Kier alpha value is -1.86. The molecule has 0 spiro atoms. The van der Waals surface area contributed by atoms with Gasteiger partial charge in [-0.3, -0.25) is 4.79 Å². The van der Waals surface area contributed by atoms with E-state index in [-0.39, 0.29) is 18.4 Å². The van der Waals surface area contributed by atoms with Gasteiger partial charge in [-0.1, -0.05) is 12.1 Å². The lowest BCUT2D eigenvalue weighted by molar-refractivity contribution is -0.117. The summed E-state index contributed by atoms with van der Waals surface area (Å²) in [5.74, 6) is -0.0410. The van der Waals surface area contributed by atoms with E-state index in [1.54, 1.807) is 11.0 Å². The van der Waals surface area contributed by atoms with Gasteiger partial charge in [0.2, 0.25) is 5.91 Å². The largest absolute Gasteiger partial charge is 0.396 e. The van der Waals surface area contributed by atoms with Crippen molar-refractivity contribution >= 4 is 11.6 Å². The second-order valence-corrected chi connectivity index (χ2v) is 4.34. The van der Waals surface area contributed by atoms with Crippen LogP contribution in [-0.4, -0.2) is 24.2 Å². The van der Waals surface area contributed by atoms with Crippen molar-refractivity contribution in [3.05, 3.63) is 29.3 Å². The molecule has 0 saturated carbocycles. The second-order valence-electron chi connectivity index (χ2n) is 4.34. The van der Waals surface area contributed by atoms with Crippen molar-refractivity contribution in [1.29, 1.82) is 5.26 Å². The number of aliphatic hydroxyl groups excluding tert-OH is 1. The van der Waals surface area contributed by atoms with Crippen LogP contribution in [0.15, 0.2) is 18.2 Å². The fraction of sp³-hybridized carbons (Fsp3) is 0.385. The highest BCUT2D eigenvalue weighted by molar-refractivity contribution is 5.97. The number of aryl methyl sites for hydroxylation is 1. The number of amides is 1. The fourth-order valence-corrected chi connectivity index (χ4v) is 2.16. The van der Waals surface area contributed by atoms with Gasteiger partial charge in [0, 0.05) is 25.5 Å². The van der Waals surface area contributed by atoms with Gasteiger partial charge in [0.25, 0.3) is 0 Å². The second kappa shape index (κ2) is 4.56. The Morgan fingerprint density at radius 2 is 2.35 bits per heavy atom. The fourth-order valence-electron chi connectivity index (χ4n) is 2.16. The zero-order valence-corrected chi connectivity index (χ0v) is 9.68. The number of aliphatic hydroxyl groups is 1. The summed E-state index contributed by atoms with van der Waals surface area (Å²) in [4.78, 5) is 13.4. The standard InChI is InChI=1S/C13H14N2O2/c1-9-3-2-4-12(11(9)6-14)15-7-10(8-16)5-13(15)17/h2-4,10,16H,5,7-8H2,1H3. The predicted octanol–water partition coefficient (Wildman–Crippen LogP) is 1.21. The molecule has 0 radical (unpaired) electrons. The third-order valence-electron chi connectivity index (χ3n) is 3.12. The molecule has 1 heterocycles. The van der Waals surface area contributed by atoms with E-state index >= 15 is 0 Å². The highest BCUT2D eigenvalue weighted by atomic mass is 16.3. The van der Waals surface area contributed by atoms with Crippen molar-refractivity contribution in [3.8, 4) is 6.07 Å². The van der Waals surface area contributed by atoms with Crippen LogP contribution in [0.2, 0.25) is 0 Å². The molecule has 1 aromatic rings. The van der Waals surface area contributed by atoms with E-state index in [1.807, 2.05) is 19.1 Å². The summed E-state index contributed by atoms with van der Waals surface area (Å²) in [5, 5.41) is 18.2. The SMILES string of the molecule is Cc1cccc(N2CC(CO)CC2=O)c1C#N. The molecule has 88 valence electrons. The number of carbonyl (C=O) groups excluding carboxylic acids is 1. The van der Waals surface area contributed by atoms with Gasteiger partial charge >= 0.3 is 0 Å².